The van der Waals surface area contributed by atoms with Crippen LogP contribution in [0.4, 0.5) is 4.39 Å². The second-order valence-electron chi connectivity index (χ2n) is 4.07. The first kappa shape index (κ1) is 17.2. The Kier molecular flexibility index (Phi) is 8.12. The fraction of sp³-hybridized carbons (Fsp3) is 0.333. The standard InChI is InChI=1S/C15H19ClFN3O/c1-3-8-19-15(18-2)20-9-6-12-4-5-14(13(16)11-12)21-10-7-17/h3-5,8,11H,2,6-7,9-10H2,1H3,(H,19,20)/b8-3-. The molecule has 6 heteroatoms. The van der Waals surface area contributed by atoms with Crippen LogP contribution in [0.15, 0.2) is 40.5 Å². The first-order chi connectivity index (χ1) is 10.2. The predicted octanol–water partition coefficient (Wildman–Crippen LogP) is 3.41. The van der Waals surface area contributed by atoms with E-state index >= 15 is 0 Å². The van der Waals surface area contributed by atoms with Crippen molar-refractivity contribution >= 4 is 24.3 Å². The van der Waals surface area contributed by atoms with Gasteiger partial charge >= 0.3 is 0 Å². The highest BCUT2D eigenvalue weighted by atomic mass is 35.5. The quantitative estimate of drug-likeness (QED) is 0.619. The van der Waals surface area contributed by atoms with Crippen LogP contribution in [0.25, 0.3) is 0 Å². The Morgan fingerprint density at radius 1 is 1.52 bits per heavy atom. The van der Waals surface area contributed by atoms with Crippen molar-refractivity contribution in [1.82, 2.24) is 5.32 Å². The number of benzene rings is 1. The first-order valence-corrected chi connectivity index (χ1v) is 6.95. The maximum Gasteiger partial charge on any atom is 0.221 e. The third kappa shape index (κ3) is 6.40. The Bertz CT molecular complexity index is 518. The molecular formula is C15H19ClFN3O. The molecule has 0 aliphatic rings. The molecule has 1 aromatic carbocycles. The maximum atomic E-state index is 12.0. The zero-order chi connectivity index (χ0) is 15.5. The lowest BCUT2D eigenvalue weighted by molar-refractivity contribution is 0.273. The van der Waals surface area contributed by atoms with Crippen molar-refractivity contribution in [2.45, 2.75) is 13.3 Å². The number of hydrogen-bond acceptors (Lipinski definition) is 2. The summed E-state index contributed by atoms with van der Waals surface area (Å²) in [6, 6.07) is 5.44. The van der Waals surface area contributed by atoms with Crippen molar-refractivity contribution < 1.29 is 9.13 Å². The van der Waals surface area contributed by atoms with Gasteiger partial charge in [-0.15, -0.1) is 0 Å². The molecule has 1 N–H and O–H groups in total. The SMILES string of the molecule is C=N/C(=N\C=C/C)NCCc1ccc(OCCF)c(Cl)c1. The van der Waals surface area contributed by atoms with Gasteiger partial charge in [0.05, 0.1) is 5.02 Å². The molecule has 0 amide bonds. The van der Waals surface area contributed by atoms with Gasteiger partial charge in [-0.1, -0.05) is 23.7 Å². The summed E-state index contributed by atoms with van der Waals surface area (Å²) in [6.07, 6.45) is 4.20. The topological polar surface area (TPSA) is 46.0 Å². The Labute approximate surface area is 129 Å². The highest BCUT2D eigenvalue weighted by Gasteiger charge is 2.03. The van der Waals surface area contributed by atoms with Gasteiger partial charge in [-0.25, -0.2) is 14.4 Å². The molecule has 4 nitrogen and oxygen atoms in total. The number of rotatable bonds is 7. The van der Waals surface area contributed by atoms with Gasteiger partial charge in [0.2, 0.25) is 5.96 Å². The van der Waals surface area contributed by atoms with Crippen LogP contribution in [-0.4, -0.2) is 32.5 Å². The molecule has 0 atom stereocenters. The van der Waals surface area contributed by atoms with Gasteiger partial charge < -0.3 is 10.1 Å². The number of hydrogen-bond donors (Lipinski definition) is 1. The molecule has 0 aliphatic carbocycles. The zero-order valence-corrected chi connectivity index (χ0v) is 12.7. The monoisotopic (exact) mass is 311 g/mol. The van der Waals surface area contributed by atoms with Crippen molar-refractivity contribution in [3.05, 3.63) is 41.1 Å². The zero-order valence-electron chi connectivity index (χ0n) is 12.0. The third-order valence-corrected chi connectivity index (χ3v) is 2.82. The summed E-state index contributed by atoms with van der Waals surface area (Å²) in [5, 5.41) is 3.54. The molecule has 0 heterocycles. The average Bonchev–Trinajstić information content (AvgIpc) is 2.50. The van der Waals surface area contributed by atoms with E-state index in [2.05, 4.69) is 22.0 Å². The van der Waals surface area contributed by atoms with Crippen LogP contribution in [0, 0.1) is 0 Å². The van der Waals surface area contributed by atoms with Crippen molar-refractivity contribution in [3.8, 4) is 5.75 Å². The van der Waals surface area contributed by atoms with E-state index in [1.54, 1.807) is 18.3 Å². The number of aliphatic imine (C=N–C) groups is 2. The summed E-state index contributed by atoms with van der Waals surface area (Å²) in [4.78, 5) is 7.85. The lowest BCUT2D eigenvalue weighted by Gasteiger charge is -2.09. The Morgan fingerprint density at radius 3 is 2.95 bits per heavy atom. The molecule has 0 unspecified atom stereocenters. The van der Waals surface area contributed by atoms with E-state index in [-0.39, 0.29) is 6.61 Å². The minimum atomic E-state index is -0.537. The third-order valence-electron chi connectivity index (χ3n) is 2.52. The molecule has 0 fully saturated rings. The molecule has 0 saturated heterocycles. The number of ether oxygens (including phenoxy) is 1. The van der Waals surface area contributed by atoms with Crippen LogP contribution in [0.3, 0.4) is 0 Å². The average molecular weight is 312 g/mol. The minimum Gasteiger partial charge on any atom is -0.489 e. The van der Waals surface area contributed by atoms with Crippen LogP contribution >= 0.6 is 11.6 Å². The summed E-state index contributed by atoms with van der Waals surface area (Å²) in [6.45, 7) is 5.44. The van der Waals surface area contributed by atoms with Crippen molar-refractivity contribution in [3.63, 3.8) is 0 Å². The molecule has 0 radical (unpaired) electrons. The van der Waals surface area contributed by atoms with E-state index in [1.165, 1.54) is 0 Å². The molecule has 1 aromatic rings. The van der Waals surface area contributed by atoms with Crippen molar-refractivity contribution in [1.29, 1.82) is 0 Å². The van der Waals surface area contributed by atoms with Crippen LogP contribution in [-0.2, 0) is 6.42 Å². The highest BCUT2D eigenvalue weighted by Crippen LogP contribution is 2.25. The van der Waals surface area contributed by atoms with E-state index in [0.29, 0.717) is 23.3 Å². The summed E-state index contributed by atoms with van der Waals surface area (Å²) in [5.74, 6) is 0.969. The van der Waals surface area contributed by atoms with Gasteiger partial charge in [0.25, 0.3) is 0 Å². The van der Waals surface area contributed by atoms with Gasteiger partial charge in [0.15, 0.2) is 0 Å². The second kappa shape index (κ2) is 9.94. The van der Waals surface area contributed by atoms with Crippen LogP contribution in [0.2, 0.25) is 5.02 Å². The van der Waals surface area contributed by atoms with Crippen LogP contribution in [0.1, 0.15) is 12.5 Å². The molecule has 0 saturated carbocycles. The number of nitrogens with one attached hydrogen (secondary N) is 1. The molecule has 0 aliphatic heterocycles. The molecular weight excluding hydrogens is 293 g/mol. The Hall–Kier alpha value is -1.88. The molecule has 0 aromatic heterocycles. The molecule has 114 valence electrons. The van der Waals surface area contributed by atoms with Gasteiger partial charge in [0, 0.05) is 12.7 Å². The Balaban J connectivity index is 2.52. The minimum absolute atomic E-state index is 0.0103. The van der Waals surface area contributed by atoms with Crippen molar-refractivity contribution in [2.24, 2.45) is 9.98 Å². The van der Waals surface area contributed by atoms with Gasteiger partial charge in [-0.2, -0.15) is 0 Å². The van der Waals surface area contributed by atoms with E-state index in [9.17, 15) is 4.39 Å². The fourth-order valence-electron chi connectivity index (χ4n) is 1.57. The molecule has 0 bridgehead atoms. The molecule has 21 heavy (non-hydrogen) atoms. The smallest absolute Gasteiger partial charge is 0.221 e. The largest absolute Gasteiger partial charge is 0.489 e. The number of allylic oxidation sites excluding steroid dienone is 1. The lowest BCUT2D eigenvalue weighted by atomic mass is 10.1. The van der Waals surface area contributed by atoms with Crippen molar-refractivity contribution in [2.75, 3.05) is 19.8 Å². The molecule has 1 rings (SSSR count). The fourth-order valence-corrected chi connectivity index (χ4v) is 1.83. The van der Waals surface area contributed by atoms with E-state index < -0.39 is 6.67 Å². The number of guanidine groups is 1. The van der Waals surface area contributed by atoms with Gasteiger partial charge in [0.1, 0.15) is 19.0 Å². The summed E-state index contributed by atoms with van der Waals surface area (Å²) >= 11 is 6.07. The van der Waals surface area contributed by atoms with E-state index in [1.807, 2.05) is 19.1 Å². The normalized spacial score (nSPS) is 11.7. The Morgan fingerprint density at radius 2 is 2.33 bits per heavy atom. The lowest BCUT2D eigenvalue weighted by Crippen LogP contribution is -2.23. The number of halogens is 2. The molecule has 0 spiro atoms. The summed E-state index contributed by atoms with van der Waals surface area (Å²) in [7, 11) is 0. The van der Waals surface area contributed by atoms with Crippen LogP contribution in [0.5, 0.6) is 5.75 Å². The number of nitrogens with zero attached hydrogens (tertiary/aromatic N) is 2. The first-order valence-electron chi connectivity index (χ1n) is 6.58. The number of alkyl halides is 1. The van der Waals surface area contributed by atoms with Gasteiger partial charge in [-0.05, 0) is 37.8 Å². The summed E-state index contributed by atoms with van der Waals surface area (Å²) in [5.41, 5.74) is 1.04. The van der Waals surface area contributed by atoms with E-state index in [0.717, 1.165) is 12.0 Å². The highest BCUT2D eigenvalue weighted by molar-refractivity contribution is 6.32. The maximum absolute atomic E-state index is 12.0. The predicted molar refractivity (Wildman–Crippen MR) is 86.4 cm³/mol. The van der Waals surface area contributed by atoms with Gasteiger partial charge in [-0.3, -0.25) is 0 Å². The second-order valence-corrected chi connectivity index (χ2v) is 4.48. The van der Waals surface area contributed by atoms with E-state index in [4.69, 9.17) is 16.3 Å². The van der Waals surface area contributed by atoms with Crippen LogP contribution < -0.4 is 10.1 Å². The summed E-state index contributed by atoms with van der Waals surface area (Å²) < 4.78 is 17.2.